The van der Waals surface area contributed by atoms with Crippen LogP contribution < -0.4 is 0 Å². The Morgan fingerprint density at radius 3 is 2.46 bits per heavy atom. The zero-order chi connectivity index (χ0) is 10.3. The van der Waals surface area contributed by atoms with E-state index in [9.17, 15) is 0 Å². The van der Waals surface area contributed by atoms with Crippen LogP contribution in [0.3, 0.4) is 0 Å². The third kappa shape index (κ3) is 8.58. The number of hydrogen-bond acceptors (Lipinski definition) is 1. The van der Waals surface area contributed by atoms with Gasteiger partial charge in [0.2, 0.25) is 0 Å². The molecule has 1 nitrogen and oxygen atoms in total. The topological polar surface area (TPSA) is 9.23 Å². The Labute approximate surface area is 87.8 Å². The molecule has 0 spiro atoms. The molecule has 0 N–H and O–H groups in total. The van der Waals surface area contributed by atoms with E-state index in [4.69, 9.17) is 16.3 Å². The number of alkyl halides is 1. The van der Waals surface area contributed by atoms with Gasteiger partial charge >= 0.3 is 0 Å². The molecule has 0 saturated heterocycles. The second kappa shape index (κ2) is 6.67. The fraction of sp³-hybridized carbons (Fsp3) is 1.00. The zero-order valence-electron chi connectivity index (χ0n) is 9.40. The van der Waals surface area contributed by atoms with E-state index in [1.54, 1.807) is 0 Å². The summed E-state index contributed by atoms with van der Waals surface area (Å²) in [5.74, 6) is 0. The summed E-state index contributed by atoms with van der Waals surface area (Å²) < 4.78 is 5.30. The Morgan fingerprint density at radius 1 is 1.38 bits per heavy atom. The van der Waals surface area contributed by atoms with Gasteiger partial charge < -0.3 is 4.74 Å². The summed E-state index contributed by atoms with van der Waals surface area (Å²) in [6.07, 6.45) is 3.43. The van der Waals surface area contributed by atoms with Crippen molar-refractivity contribution in [1.82, 2.24) is 0 Å². The van der Waals surface area contributed by atoms with Crippen LogP contribution >= 0.6 is 11.6 Å². The van der Waals surface area contributed by atoms with Crippen molar-refractivity contribution in [2.45, 2.75) is 52.3 Å². The van der Waals surface area contributed by atoms with E-state index >= 15 is 0 Å². The van der Waals surface area contributed by atoms with Gasteiger partial charge in [0.15, 0.2) is 0 Å². The van der Waals surface area contributed by atoms with Crippen LogP contribution in [0, 0.1) is 5.41 Å². The third-order valence-electron chi connectivity index (χ3n) is 2.18. The fourth-order valence-corrected chi connectivity index (χ4v) is 2.08. The molecule has 0 saturated carbocycles. The first-order valence-corrected chi connectivity index (χ1v) is 5.63. The monoisotopic (exact) mass is 206 g/mol. The quantitative estimate of drug-likeness (QED) is 0.454. The minimum Gasteiger partial charge on any atom is -0.382 e. The third-order valence-corrected chi connectivity index (χ3v) is 2.33. The minimum atomic E-state index is 0.280. The molecule has 2 heteroatoms. The van der Waals surface area contributed by atoms with Crippen LogP contribution in [0.25, 0.3) is 0 Å². The lowest BCUT2D eigenvalue weighted by Crippen LogP contribution is -2.16. The Hall–Kier alpha value is 0.250. The molecular weight excluding hydrogens is 184 g/mol. The van der Waals surface area contributed by atoms with Crippen LogP contribution in [0.15, 0.2) is 0 Å². The van der Waals surface area contributed by atoms with Crippen molar-refractivity contribution >= 4 is 11.6 Å². The Balaban J connectivity index is 3.50. The van der Waals surface area contributed by atoms with Gasteiger partial charge in [0.1, 0.15) is 0 Å². The van der Waals surface area contributed by atoms with Crippen molar-refractivity contribution in [1.29, 1.82) is 0 Å². The molecule has 0 aromatic heterocycles. The van der Waals surface area contributed by atoms with Gasteiger partial charge in [-0.1, -0.05) is 13.8 Å². The SMILES string of the molecule is CCOCCCC(C)(C)CC(C)Cl. The van der Waals surface area contributed by atoms with E-state index in [0.29, 0.717) is 5.41 Å². The van der Waals surface area contributed by atoms with Gasteiger partial charge in [-0.05, 0) is 38.5 Å². The molecule has 0 aromatic carbocycles. The van der Waals surface area contributed by atoms with Gasteiger partial charge in [0.05, 0.1) is 0 Å². The summed E-state index contributed by atoms with van der Waals surface area (Å²) in [6.45, 7) is 10.4. The van der Waals surface area contributed by atoms with Crippen molar-refractivity contribution in [3.8, 4) is 0 Å². The van der Waals surface area contributed by atoms with Crippen molar-refractivity contribution in [3.05, 3.63) is 0 Å². The van der Waals surface area contributed by atoms with Gasteiger partial charge in [-0.25, -0.2) is 0 Å². The van der Waals surface area contributed by atoms with Gasteiger partial charge in [-0.15, -0.1) is 11.6 Å². The summed E-state index contributed by atoms with van der Waals surface area (Å²) in [5.41, 5.74) is 0.359. The molecule has 13 heavy (non-hydrogen) atoms. The first-order valence-electron chi connectivity index (χ1n) is 5.20. The number of rotatable bonds is 7. The molecule has 0 amide bonds. The molecule has 0 aliphatic rings. The maximum absolute atomic E-state index is 5.97. The molecule has 0 aliphatic carbocycles. The average molecular weight is 207 g/mol. The highest BCUT2D eigenvalue weighted by atomic mass is 35.5. The highest BCUT2D eigenvalue weighted by molar-refractivity contribution is 6.20. The van der Waals surface area contributed by atoms with Gasteiger partial charge in [-0.3, -0.25) is 0 Å². The Kier molecular flexibility index (Phi) is 6.79. The van der Waals surface area contributed by atoms with Crippen LogP contribution in [-0.2, 0) is 4.74 Å². The first kappa shape index (κ1) is 13.2. The molecular formula is C11H23ClO. The second-order valence-electron chi connectivity index (χ2n) is 4.45. The fourth-order valence-electron chi connectivity index (χ4n) is 1.66. The summed E-state index contributed by atoms with van der Waals surface area (Å²) in [7, 11) is 0. The maximum Gasteiger partial charge on any atom is 0.0466 e. The number of hydrogen-bond donors (Lipinski definition) is 0. The second-order valence-corrected chi connectivity index (χ2v) is 5.19. The molecule has 0 heterocycles. The van der Waals surface area contributed by atoms with Crippen molar-refractivity contribution < 1.29 is 4.74 Å². The molecule has 0 bridgehead atoms. The zero-order valence-corrected chi connectivity index (χ0v) is 10.2. The summed E-state index contributed by atoms with van der Waals surface area (Å²) >= 11 is 5.97. The van der Waals surface area contributed by atoms with Crippen LogP contribution in [-0.4, -0.2) is 18.6 Å². The average Bonchev–Trinajstić information content (AvgIpc) is 1.95. The molecule has 0 rings (SSSR count). The van der Waals surface area contributed by atoms with Crippen molar-refractivity contribution in [2.24, 2.45) is 5.41 Å². The maximum atomic E-state index is 5.97. The number of halogens is 1. The molecule has 1 unspecified atom stereocenters. The summed E-state index contributed by atoms with van der Waals surface area (Å²) in [5, 5.41) is 0.280. The molecule has 80 valence electrons. The molecule has 0 radical (unpaired) electrons. The lowest BCUT2D eigenvalue weighted by Gasteiger charge is -2.25. The van der Waals surface area contributed by atoms with Crippen molar-refractivity contribution in [2.75, 3.05) is 13.2 Å². The van der Waals surface area contributed by atoms with Crippen molar-refractivity contribution in [3.63, 3.8) is 0 Å². The molecule has 1 atom stereocenters. The van der Waals surface area contributed by atoms with E-state index < -0.39 is 0 Å². The molecule has 0 fully saturated rings. The van der Waals surface area contributed by atoms with E-state index in [1.807, 2.05) is 6.92 Å². The largest absolute Gasteiger partial charge is 0.382 e. The van der Waals surface area contributed by atoms with E-state index in [0.717, 1.165) is 26.1 Å². The Bertz CT molecular complexity index is 121. The van der Waals surface area contributed by atoms with E-state index in [1.165, 1.54) is 6.42 Å². The number of ether oxygens (including phenoxy) is 1. The standard InChI is InChI=1S/C11H23ClO/c1-5-13-8-6-7-11(3,4)9-10(2)12/h10H,5-9H2,1-4H3. The lowest BCUT2D eigenvalue weighted by molar-refractivity contribution is 0.131. The smallest absolute Gasteiger partial charge is 0.0466 e. The minimum absolute atomic E-state index is 0.280. The van der Waals surface area contributed by atoms with Gasteiger partial charge in [0.25, 0.3) is 0 Å². The Morgan fingerprint density at radius 2 is 2.00 bits per heavy atom. The van der Waals surface area contributed by atoms with E-state index in [2.05, 4.69) is 20.8 Å². The first-order chi connectivity index (χ1) is 5.98. The van der Waals surface area contributed by atoms with Gasteiger partial charge in [-0.2, -0.15) is 0 Å². The molecule has 0 aliphatic heterocycles. The van der Waals surface area contributed by atoms with Crippen LogP contribution in [0.5, 0.6) is 0 Å². The lowest BCUT2D eigenvalue weighted by atomic mass is 9.83. The van der Waals surface area contributed by atoms with Gasteiger partial charge in [0, 0.05) is 18.6 Å². The molecule has 0 aromatic rings. The predicted octanol–water partition coefficient (Wildman–Crippen LogP) is 3.85. The highest BCUT2D eigenvalue weighted by Crippen LogP contribution is 2.29. The summed E-state index contributed by atoms with van der Waals surface area (Å²) in [6, 6.07) is 0. The van der Waals surface area contributed by atoms with Crippen LogP contribution in [0.1, 0.15) is 47.0 Å². The summed E-state index contributed by atoms with van der Waals surface area (Å²) in [4.78, 5) is 0. The normalized spacial score (nSPS) is 14.5. The van der Waals surface area contributed by atoms with Crippen LogP contribution in [0.2, 0.25) is 0 Å². The highest BCUT2D eigenvalue weighted by Gasteiger charge is 2.19. The van der Waals surface area contributed by atoms with E-state index in [-0.39, 0.29) is 5.38 Å². The van der Waals surface area contributed by atoms with Crippen LogP contribution in [0.4, 0.5) is 0 Å². The predicted molar refractivity (Wildman–Crippen MR) is 59.4 cm³/mol.